The van der Waals surface area contributed by atoms with Crippen LogP contribution in [0.1, 0.15) is 60.3 Å². The monoisotopic (exact) mass is 314 g/mol. The van der Waals surface area contributed by atoms with E-state index >= 15 is 0 Å². The maximum atomic E-state index is 10.6. The number of hydrogen-bond acceptors (Lipinski definition) is 1. The van der Waals surface area contributed by atoms with Gasteiger partial charge >= 0.3 is 5.97 Å². The Morgan fingerprint density at radius 3 is 2.48 bits per heavy atom. The number of hydrogen-bond donors (Lipinski definition) is 1. The molecule has 1 N–H and O–H groups in total. The Hall–Kier alpha value is -1.83. The van der Waals surface area contributed by atoms with Gasteiger partial charge in [-0.05, 0) is 62.2 Å². The first-order chi connectivity index (χ1) is 10.8. The lowest BCUT2D eigenvalue weighted by atomic mass is 9.80. The van der Waals surface area contributed by atoms with E-state index in [4.69, 9.17) is 5.11 Å². The van der Waals surface area contributed by atoms with E-state index < -0.39 is 5.97 Å². The zero-order valence-electron chi connectivity index (χ0n) is 15.1. The fourth-order valence-corrected chi connectivity index (χ4v) is 3.20. The van der Waals surface area contributed by atoms with E-state index in [1.807, 2.05) is 18.2 Å². The molecular weight excluding hydrogens is 284 g/mol. The molecular formula is C21H30O2. The predicted octanol–water partition coefficient (Wildman–Crippen LogP) is 5.99. The van der Waals surface area contributed by atoms with Gasteiger partial charge in [-0.25, -0.2) is 4.79 Å². The highest BCUT2D eigenvalue weighted by molar-refractivity contribution is 5.81. The summed E-state index contributed by atoms with van der Waals surface area (Å²) in [5, 5.41) is 8.70. The molecule has 0 fully saturated rings. The number of carboxylic acids is 1. The smallest absolute Gasteiger partial charge is 0.328 e. The molecule has 0 unspecified atom stereocenters. The minimum absolute atomic E-state index is 0.570. The number of rotatable bonds is 6. The van der Waals surface area contributed by atoms with Crippen molar-refractivity contribution in [3.05, 3.63) is 58.2 Å². The molecule has 126 valence electrons. The van der Waals surface area contributed by atoms with Gasteiger partial charge in [0, 0.05) is 6.08 Å². The average Bonchev–Trinajstić information content (AvgIpc) is 2.45. The second-order valence-corrected chi connectivity index (χ2v) is 6.55. The lowest BCUT2D eigenvalue weighted by molar-refractivity contribution is -0.131. The van der Waals surface area contributed by atoms with E-state index in [0.717, 1.165) is 18.4 Å². The first kappa shape index (κ1) is 19.2. The normalized spacial score (nSPS) is 19.3. The summed E-state index contributed by atoms with van der Waals surface area (Å²) in [6.07, 6.45) is 14.1. The van der Waals surface area contributed by atoms with Gasteiger partial charge in [-0.15, -0.1) is 0 Å². The molecule has 1 rings (SSSR count). The topological polar surface area (TPSA) is 37.3 Å². The minimum atomic E-state index is -0.906. The summed E-state index contributed by atoms with van der Waals surface area (Å²) in [7, 11) is 0. The second-order valence-electron chi connectivity index (χ2n) is 6.55. The van der Waals surface area contributed by atoms with E-state index in [1.165, 1.54) is 30.1 Å². The number of carbonyl (C=O) groups is 1. The maximum Gasteiger partial charge on any atom is 0.328 e. The number of aliphatic carboxylic acids is 1. The fourth-order valence-electron chi connectivity index (χ4n) is 3.20. The van der Waals surface area contributed by atoms with Gasteiger partial charge < -0.3 is 5.11 Å². The van der Waals surface area contributed by atoms with Gasteiger partial charge in [-0.3, -0.25) is 0 Å². The van der Waals surface area contributed by atoms with Crippen LogP contribution < -0.4 is 0 Å². The summed E-state index contributed by atoms with van der Waals surface area (Å²) >= 11 is 0. The molecule has 0 saturated heterocycles. The van der Waals surface area contributed by atoms with Crippen molar-refractivity contribution < 1.29 is 9.90 Å². The number of carboxylic acid groups (broad SMARTS) is 1. The Bertz CT molecular complexity index is 581. The van der Waals surface area contributed by atoms with Crippen molar-refractivity contribution in [2.45, 2.75) is 60.3 Å². The van der Waals surface area contributed by atoms with E-state index in [9.17, 15) is 4.79 Å². The third-order valence-electron chi connectivity index (χ3n) is 4.13. The van der Waals surface area contributed by atoms with Gasteiger partial charge in [-0.1, -0.05) is 56.2 Å². The molecule has 0 aromatic rings. The van der Waals surface area contributed by atoms with Crippen LogP contribution in [-0.4, -0.2) is 11.1 Å². The van der Waals surface area contributed by atoms with Crippen LogP contribution in [-0.2, 0) is 4.79 Å². The largest absolute Gasteiger partial charge is 0.478 e. The lowest BCUT2D eigenvalue weighted by Crippen LogP contribution is -2.08. The van der Waals surface area contributed by atoms with Crippen molar-refractivity contribution in [3.63, 3.8) is 0 Å². The van der Waals surface area contributed by atoms with Crippen LogP contribution in [0.15, 0.2) is 58.2 Å². The van der Waals surface area contributed by atoms with Gasteiger partial charge in [0.1, 0.15) is 0 Å². The summed E-state index contributed by atoms with van der Waals surface area (Å²) < 4.78 is 0. The molecule has 0 saturated carbocycles. The Morgan fingerprint density at radius 2 is 1.91 bits per heavy atom. The second kappa shape index (κ2) is 9.34. The third-order valence-corrected chi connectivity index (χ3v) is 4.13. The van der Waals surface area contributed by atoms with Crippen molar-refractivity contribution in [1.82, 2.24) is 0 Å². The van der Waals surface area contributed by atoms with Gasteiger partial charge in [-0.2, -0.15) is 0 Å². The minimum Gasteiger partial charge on any atom is -0.478 e. The molecule has 0 aromatic heterocycles. The Kier molecular flexibility index (Phi) is 7.80. The standard InChI is InChI=1S/C21H30O2/c1-6-18-11-8-12-19(21(18)15(2)3)13-16(4)9-7-10-17(5)14-20(22)23/h7,9-10,13-15H,6,8,11-12H2,1-5H3,(H,22,23)/b10-7+,16-9-,17-14-,19-13+. The van der Waals surface area contributed by atoms with Gasteiger partial charge in [0.25, 0.3) is 0 Å². The van der Waals surface area contributed by atoms with Crippen LogP contribution in [0.5, 0.6) is 0 Å². The molecule has 0 radical (unpaired) electrons. The van der Waals surface area contributed by atoms with Crippen LogP contribution in [0.4, 0.5) is 0 Å². The summed E-state index contributed by atoms with van der Waals surface area (Å²) in [5.74, 6) is -0.337. The van der Waals surface area contributed by atoms with E-state index in [0.29, 0.717) is 5.92 Å². The van der Waals surface area contributed by atoms with Crippen LogP contribution in [0, 0.1) is 5.92 Å². The van der Waals surface area contributed by atoms with Crippen molar-refractivity contribution >= 4 is 5.97 Å². The first-order valence-electron chi connectivity index (χ1n) is 8.54. The third kappa shape index (κ3) is 6.43. The Morgan fingerprint density at radius 1 is 1.22 bits per heavy atom. The summed E-state index contributed by atoms with van der Waals surface area (Å²) in [5.41, 5.74) is 6.58. The summed E-state index contributed by atoms with van der Waals surface area (Å²) in [6.45, 7) is 10.7. The SMILES string of the molecule is CCC1=C(C(C)C)/C(=C/C(C)=C\C=C\C(C)=C/C(=O)O)CCC1. The zero-order valence-corrected chi connectivity index (χ0v) is 15.1. The van der Waals surface area contributed by atoms with Crippen LogP contribution in [0.25, 0.3) is 0 Å². The van der Waals surface area contributed by atoms with Crippen LogP contribution in [0.2, 0.25) is 0 Å². The van der Waals surface area contributed by atoms with Crippen molar-refractivity contribution in [1.29, 1.82) is 0 Å². The van der Waals surface area contributed by atoms with Gasteiger partial charge in [0.15, 0.2) is 0 Å². The molecule has 1 aliphatic carbocycles. The molecule has 1 aliphatic rings. The van der Waals surface area contributed by atoms with E-state index in [2.05, 4.69) is 33.8 Å². The highest BCUT2D eigenvalue weighted by atomic mass is 16.4. The molecule has 0 heterocycles. The summed E-state index contributed by atoms with van der Waals surface area (Å²) in [6, 6.07) is 0. The molecule has 2 heteroatoms. The van der Waals surface area contributed by atoms with Crippen molar-refractivity contribution in [3.8, 4) is 0 Å². The van der Waals surface area contributed by atoms with Crippen LogP contribution >= 0.6 is 0 Å². The molecule has 0 amide bonds. The zero-order chi connectivity index (χ0) is 17.4. The molecule has 23 heavy (non-hydrogen) atoms. The van der Waals surface area contributed by atoms with Gasteiger partial charge in [0.05, 0.1) is 0 Å². The average molecular weight is 314 g/mol. The van der Waals surface area contributed by atoms with Crippen LogP contribution in [0.3, 0.4) is 0 Å². The lowest BCUT2D eigenvalue weighted by Gasteiger charge is -2.26. The maximum absolute atomic E-state index is 10.6. The molecule has 2 nitrogen and oxygen atoms in total. The highest BCUT2D eigenvalue weighted by Crippen LogP contribution is 2.36. The first-order valence-corrected chi connectivity index (χ1v) is 8.54. The van der Waals surface area contributed by atoms with E-state index in [-0.39, 0.29) is 0 Å². The Balaban J connectivity index is 2.97. The Labute approximate surface area is 141 Å². The van der Waals surface area contributed by atoms with E-state index in [1.54, 1.807) is 18.1 Å². The quantitative estimate of drug-likeness (QED) is 0.483. The van der Waals surface area contributed by atoms with Crippen molar-refractivity contribution in [2.75, 3.05) is 0 Å². The highest BCUT2D eigenvalue weighted by Gasteiger charge is 2.18. The molecule has 0 bridgehead atoms. The molecule has 0 spiro atoms. The predicted molar refractivity (Wildman–Crippen MR) is 98.4 cm³/mol. The fraction of sp³-hybridized carbons (Fsp3) is 0.476. The summed E-state index contributed by atoms with van der Waals surface area (Å²) in [4.78, 5) is 10.6. The molecule has 0 aliphatic heterocycles. The molecule has 0 atom stereocenters. The molecule has 0 aromatic carbocycles. The number of allylic oxidation sites excluding steroid dienone is 9. The van der Waals surface area contributed by atoms with Crippen molar-refractivity contribution in [2.24, 2.45) is 5.92 Å². The van der Waals surface area contributed by atoms with Gasteiger partial charge in [0.2, 0.25) is 0 Å².